The Morgan fingerprint density at radius 2 is 1.00 bits per heavy atom. The van der Waals surface area contributed by atoms with Crippen molar-refractivity contribution in [1.29, 1.82) is 0 Å². The summed E-state index contributed by atoms with van der Waals surface area (Å²) in [6, 6.07) is 0. The van der Waals surface area contributed by atoms with E-state index >= 15 is 0 Å². The van der Waals surface area contributed by atoms with Gasteiger partial charge in [-0.05, 0) is 0 Å². The summed E-state index contributed by atoms with van der Waals surface area (Å²) in [7, 11) is 0. The van der Waals surface area contributed by atoms with Crippen molar-refractivity contribution in [2.24, 2.45) is 0 Å². The molecule has 0 N–H and O–H groups in total. The SMILES string of the molecule is [AsH3].[BiH3].[Fe].[SbH3]. The third kappa shape index (κ3) is 8.84. The van der Waals surface area contributed by atoms with Crippen LogP contribution in [0.5, 0.6) is 0 Å². The minimum atomic E-state index is 0. The van der Waals surface area contributed by atoms with Crippen LogP contribution in [-0.4, -0.2) is 68.6 Å². The summed E-state index contributed by atoms with van der Waals surface area (Å²) in [6.45, 7) is 0. The van der Waals surface area contributed by atoms with Crippen LogP contribution in [0.4, 0.5) is 0 Å². The molecule has 0 aliphatic carbocycles. The first kappa shape index (κ1) is 29.3. The van der Waals surface area contributed by atoms with Gasteiger partial charge in [-0.1, -0.05) is 0 Å². The molecule has 0 bridgehead atoms. The molecule has 4 heteroatoms. The molecule has 0 nitrogen and oxygen atoms in total. The molecule has 1 unspecified atom stereocenters. The second-order valence-electron chi connectivity index (χ2n) is 0. The summed E-state index contributed by atoms with van der Waals surface area (Å²) >= 11 is 0. The first-order valence-electron chi connectivity index (χ1n) is 0. The molecule has 0 aromatic heterocycles. The van der Waals surface area contributed by atoms with Gasteiger partial charge in [0, 0.05) is 17.1 Å². The number of hydrogen-bond donors (Lipinski definition) is 0. The second-order valence-corrected chi connectivity index (χ2v) is 0. The van der Waals surface area contributed by atoms with Gasteiger partial charge in [0.05, 0.1) is 0 Å². The van der Waals surface area contributed by atoms with E-state index in [9.17, 15) is 0 Å². The van der Waals surface area contributed by atoms with Crippen LogP contribution in [0.15, 0.2) is 0 Å². The summed E-state index contributed by atoms with van der Waals surface area (Å²) in [5, 5.41) is 0. The molecule has 0 spiro atoms. The molecule has 0 heterocycles. The fraction of sp³-hybridized carbons (Fsp3) is 0. The third-order valence-corrected chi connectivity index (χ3v) is 0. The van der Waals surface area contributed by atoms with E-state index < -0.39 is 0 Å². The maximum atomic E-state index is 0. The van der Waals surface area contributed by atoms with Gasteiger partial charge >= 0.3 is 68.6 Å². The molecule has 0 aromatic rings. The van der Waals surface area contributed by atoms with Crippen molar-refractivity contribution >= 4 is 68.6 Å². The molecule has 0 rings (SSSR count). The average Bonchev–Trinajstić information content (AvgIpc) is 0. The fourth-order valence-electron chi connectivity index (χ4n) is 0. The first-order valence-corrected chi connectivity index (χ1v) is 0. The Morgan fingerprint density at radius 1 is 1.00 bits per heavy atom. The van der Waals surface area contributed by atoms with Gasteiger partial charge in [0.25, 0.3) is 0 Å². The molecule has 0 radical (unpaired) electrons. The van der Waals surface area contributed by atoms with Crippen LogP contribution in [0.1, 0.15) is 0 Å². The Morgan fingerprint density at radius 3 is 1.00 bits per heavy atom. The Hall–Kier alpha value is 2.78. The average molecular weight is 471 g/mol. The van der Waals surface area contributed by atoms with Crippen LogP contribution >= 0.6 is 0 Å². The first-order chi connectivity index (χ1) is 0. The topological polar surface area (TPSA) is 0 Å². The maximum absolute atomic E-state index is 0. The van der Waals surface area contributed by atoms with Crippen molar-refractivity contribution in [3.8, 4) is 0 Å². The molecule has 0 aliphatic heterocycles. The van der Waals surface area contributed by atoms with Crippen LogP contribution in [0.25, 0.3) is 0 Å². The van der Waals surface area contributed by atoms with Crippen molar-refractivity contribution < 1.29 is 17.1 Å². The molecular formula is H9AsBiFeSb. The van der Waals surface area contributed by atoms with E-state index in [-0.39, 0.29) is 85.7 Å². The minimum absolute atomic E-state index is 0. The van der Waals surface area contributed by atoms with Crippen molar-refractivity contribution in [1.82, 2.24) is 0 Å². The Balaban J connectivity index is 0. The molecule has 0 saturated carbocycles. The van der Waals surface area contributed by atoms with E-state index in [1.807, 2.05) is 0 Å². The van der Waals surface area contributed by atoms with Gasteiger partial charge < -0.3 is 0 Å². The van der Waals surface area contributed by atoms with Crippen molar-refractivity contribution in [3.05, 3.63) is 0 Å². The normalized spacial score (nSPS) is 0. The Labute approximate surface area is 84.2 Å². The standard InChI is InChI=1S/AsH3.Bi.Fe.Sb.6H/h1H3;;;;;;;;;. The van der Waals surface area contributed by atoms with E-state index in [4.69, 9.17) is 0 Å². The summed E-state index contributed by atoms with van der Waals surface area (Å²) in [5.74, 6) is 0. The van der Waals surface area contributed by atoms with Gasteiger partial charge in [0.2, 0.25) is 0 Å². The van der Waals surface area contributed by atoms with Crippen LogP contribution in [0.3, 0.4) is 0 Å². The van der Waals surface area contributed by atoms with Gasteiger partial charge in [-0.3, -0.25) is 0 Å². The Bertz CT molecular complexity index is 8.00. The number of hydrogen-bond acceptors (Lipinski definition) is 0. The zero-order valence-corrected chi connectivity index (χ0v) is 16.1. The van der Waals surface area contributed by atoms with E-state index in [0.717, 1.165) is 0 Å². The fourth-order valence-corrected chi connectivity index (χ4v) is 0. The summed E-state index contributed by atoms with van der Waals surface area (Å²) in [4.78, 5) is 0. The zero-order valence-electron chi connectivity index (χ0n) is 2.47. The number of rotatable bonds is 0. The molecule has 0 aromatic carbocycles. The third-order valence-electron chi connectivity index (χ3n) is 0. The van der Waals surface area contributed by atoms with Crippen LogP contribution in [0, 0.1) is 0 Å². The van der Waals surface area contributed by atoms with Gasteiger partial charge in [-0.15, -0.1) is 0 Å². The van der Waals surface area contributed by atoms with E-state index in [0.29, 0.717) is 0 Å². The predicted octanol–water partition coefficient (Wildman–Crippen LogP) is -3.55. The molecule has 4 heavy (non-hydrogen) atoms. The predicted molar refractivity (Wildman–Crippen MR) is 29.8 cm³/mol. The molecule has 0 amide bonds. The van der Waals surface area contributed by atoms with Crippen molar-refractivity contribution in [2.75, 3.05) is 0 Å². The van der Waals surface area contributed by atoms with Gasteiger partial charge in [0.1, 0.15) is 0 Å². The summed E-state index contributed by atoms with van der Waals surface area (Å²) in [5.41, 5.74) is 0. The van der Waals surface area contributed by atoms with Gasteiger partial charge in [-0.25, -0.2) is 0 Å². The van der Waals surface area contributed by atoms with Gasteiger partial charge in [0.15, 0.2) is 0 Å². The summed E-state index contributed by atoms with van der Waals surface area (Å²) < 4.78 is 0. The Kier molecular flexibility index (Phi) is 125. The van der Waals surface area contributed by atoms with E-state index in [1.165, 1.54) is 0 Å². The monoisotopic (exact) mass is 470 g/mol. The zero-order chi connectivity index (χ0) is 0. The molecule has 1 atom stereocenters. The van der Waals surface area contributed by atoms with Crippen LogP contribution < -0.4 is 0 Å². The quantitative estimate of drug-likeness (QED) is 0.322. The molecule has 32 valence electrons. The van der Waals surface area contributed by atoms with Crippen LogP contribution in [0.2, 0.25) is 0 Å². The molecular weight excluding hydrogens is 462 g/mol. The van der Waals surface area contributed by atoms with Gasteiger partial charge in [-0.2, -0.15) is 0 Å². The molecule has 0 aliphatic rings. The van der Waals surface area contributed by atoms with E-state index in [1.54, 1.807) is 0 Å². The van der Waals surface area contributed by atoms with E-state index in [2.05, 4.69) is 0 Å². The second kappa shape index (κ2) is 17.1. The van der Waals surface area contributed by atoms with Crippen LogP contribution in [-0.2, 0) is 17.1 Å². The molecule has 0 saturated heterocycles. The molecule has 0 fully saturated rings. The van der Waals surface area contributed by atoms with Crippen molar-refractivity contribution in [2.45, 2.75) is 0 Å². The van der Waals surface area contributed by atoms with Crippen molar-refractivity contribution in [3.63, 3.8) is 0 Å². The summed E-state index contributed by atoms with van der Waals surface area (Å²) in [6.07, 6.45) is 0.